The number of hydrazone groups is 1. The Hall–Kier alpha value is -2.74. The number of aromatic nitrogens is 2. The summed E-state index contributed by atoms with van der Waals surface area (Å²) in [6.45, 7) is 1.16. The van der Waals surface area contributed by atoms with Crippen LogP contribution in [0.1, 0.15) is 43.4 Å². The first kappa shape index (κ1) is 21.1. The van der Waals surface area contributed by atoms with Crippen molar-refractivity contribution in [1.29, 1.82) is 0 Å². The summed E-state index contributed by atoms with van der Waals surface area (Å²) in [6.07, 6.45) is 8.74. The van der Waals surface area contributed by atoms with Crippen LogP contribution in [0.2, 0.25) is 0 Å². The van der Waals surface area contributed by atoms with Gasteiger partial charge in [0.2, 0.25) is 5.91 Å². The molecule has 2 unspecified atom stereocenters. The molecule has 0 spiro atoms. The van der Waals surface area contributed by atoms with Crippen LogP contribution in [-0.4, -0.2) is 56.6 Å². The highest BCUT2D eigenvalue weighted by Crippen LogP contribution is 2.34. The summed E-state index contributed by atoms with van der Waals surface area (Å²) in [6, 6.07) is 6.33. The number of aliphatic hydroxyl groups is 1. The van der Waals surface area contributed by atoms with E-state index >= 15 is 0 Å². The Morgan fingerprint density at radius 2 is 2.00 bits per heavy atom. The molecule has 2 atom stereocenters. The third-order valence-electron chi connectivity index (χ3n) is 7.34. The van der Waals surface area contributed by atoms with E-state index in [2.05, 4.69) is 10.2 Å². The van der Waals surface area contributed by atoms with Crippen molar-refractivity contribution < 1.29 is 14.3 Å². The van der Waals surface area contributed by atoms with E-state index in [0.717, 1.165) is 31.4 Å². The van der Waals surface area contributed by atoms with E-state index in [1.165, 1.54) is 23.4 Å². The fourth-order valence-corrected chi connectivity index (χ4v) is 5.39. The second-order valence-corrected chi connectivity index (χ2v) is 9.44. The van der Waals surface area contributed by atoms with Crippen LogP contribution >= 0.6 is 0 Å². The minimum atomic E-state index is -0.824. The number of nitrogens with zero attached hydrogens (tertiary/aromatic N) is 5. The molecule has 0 bridgehead atoms. The molecule has 1 fully saturated rings. The summed E-state index contributed by atoms with van der Waals surface area (Å²) < 4.78 is 15.2. The van der Waals surface area contributed by atoms with E-state index in [0.29, 0.717) is 32.4 Å². The number of piperidine rings is 1. The molecule has 3 aliphatic rings. The molecule has 0 radical (unpaired) electrons. The zero-order valence-corrected chi connectivity index (χ0v) is 18.5. The van der Waals surface area contributed by atoms with Crippen molar-refractivity contribution in [3.63, 3.8) is 0 Å². The number of amides is 1. The third kappa shape index (κ3) is 4.03. The molecule has 1 aliphatic carbocycles. The highest BCUT2D eigenvalue weighted by molar-refractivity contribution is 5.79. The first-order chi connectivity index (χ1) is 15.4. The van der Waals surface area contributed by atoms with E-state index in [1.807, 2.05) is 34.0 Å². The quantitative estimate of drug-likeness (QED) is 0.795. The number of carbonyl (C=O) groups is 1. The summed E-state index contributed by atoms with van der Waals surface area (Å²) in [4.78, 5) is 15.1. The molecule has 2 aromatic rings. The highest BCUT2D eigenvalue weighted by atomic mass is 19.1. The molecule has 0 saturated carbocycles. The van der Waals surface area contributed by atoms with Gasteiger partial charge in [-0.2, -0.15) is 10.2 Å². The molecule has 1 saturated heterocycles. The fraction of sp³-hybridized carbons (Fsp3) is 0.542. The lowest BCUT2D eigenvalue weighted by atomic mass is 9.83. The number of rotatable bonds is 4. The molecule has 7 nitrogen and oxygen atoms in total. The van der Waals surface area contributed by atoms with Gasteiger partial charge in [-0.05, 0) is 61.9 Å². The largest absolute Gasteiger partial charge is 0.390 e. The maximum atomic E-state index is 13.3. The molecule has 32 heavy (non-hydrogen) atoms. The van der Waals surface area contributed by atoms with Crippen molar-refractivity contribution in [3.8, 4) is 0 Å². The molecule has 1 aromatic heterocycles. The standard InChI is InChI=1S/C24H30FN5O2/c1-28-22-14-17(2-3-18(22)16-27-28)23(31)29-12-9-24(32,10-13-29)15-21-8-11-26-30(21)20-6-4-19(25)5-7-20/h4-7,11,16-17,21,32H,2-3,8-10,12-15H2,1H3. The van der Waals surface area contributed by atoms with E-state index in [9.17, 15) is 14.3 Å². The summed E-state index contributed by atoms with van der Waals surface area (Å²) in [5.74, 6) is -0.0703. The number of aryl methyl sites for hydroxylation is 2. The minimum Gasteiger partial charge on any atom is -0.390 e. The Morgan fingerprint density at radius 1 is 1.25 bits per heavy atom. The van der Waals surface area contributed by atoms with Crippen LogP contribution in [0.15, 0.2) is 35.6 Å². The SMILES string of the molecule is Cn1ncc2c1CC(C(=O)N1CCC(O)(CC3CC=NN3c3ccc(F)cc3)CC1)CC2. The van der Waals surface area contributed by atoms with Gasteiger partial charge in [0.05, 0.1) is 23.5 Å². The van der Waals surface area contributed by atoms with Gasteiger partial charge in [-0.15, -0.1) is 0 Å². The van der Waals surface area contributed by atoms with Crippen LogP contribution in [0.4, 0.5) is 10.1 Å². The van der Waals surface area contributed by atoms with E-state index in [-0.39, 0.29) is 23.7 Å². The van der Waals surface area contributed by atoms with Crippen LogP contribution < -0.4 is 5.01 Å². The van der Waals surface area contributed by atoms with Crippen LogP contribution in [0.3, 0.4) is 0 Å². The van der Waals surface area contributed by atoms with Crippen LogP contribution in [0.5, 0.6) is 0 Å². The van der Waals surface area contributed by atoms with Gasteiger partial charge in [-0.3, -0.25) is 14.5 Å². The lowest BCUT2D eigenvalue weighted by molar-refractivity contribution is -0.140. The zero-order chi connectivity index (χ0) is 22.3. The van der Waals surface area contributed by atoms with Crippen molar-refractivity contribution in [2.75, 3.05) is 18.1 Å². The lowest BCUT2D eigenvalue weighted by Crippen LogP contribution is -2.51. The van der Waals surface area contributed by atoms with Crippen LogP contribution in [0, 0.1) is 11.7 Å². The number of benzene rings is 1. The first-order valence-electron chi connectivity index (χ1n) is 11.5. The number of hydrogen-bond donors (Lipinski definition) is 1. The summed E-state index contributed by atoms with van der Waals surface area (Å²) >= 11 is 0. The van der Waals surface area contributed by atoms with Crippen molar-refractivity contribution in [3.05, 3.63) is 47.5 Å². The Bertz CT molecular complexity index is 1010. The van der Waals surface area contributed by atoms with Crippen LogP contribution in [-0.2, 0) is 24.7 Å². The van der Waals surface area contributed by atoms with Gasteiger partial charge < -0.3 is 10.0 Å². The normalized spacial score (nSPS) is 24.6. The number of likely N-dealkylation sites (tertiary alicyclic amines) is 1. The van der Waals surface area contributed by atoms with E-state index in [1.54, 1.807) is 12.1 Å². The number of anilines is 1. The van der Waals surface area contributed by atoms with Gasteiger partial charge in [0.15, 0.2) is 0 Å². The molecular formula is C24H30FN5O2. The Balaban J connectivity index is 1.18. The lowest BCUT2D eigenvalue weighted by Gasteiger charge is -2.41. The summed E-state index contributed by atoms with van der Waals surface area (Å²) in [7, 11) is 1.94. The van der Waals surface area contributed by atoms with E-state index in [4.69, 9.17) is 0 Å². The van der Waals surface area contributed by atoms with Crippen molar-refractivity contribution >= 4 is 17.8 Å². The topological polar surface area (TPSA) is 74.0 Å². The van der Waals surface area contributed by atoms with Gasteiger partial charge in [0, 0.05) is 50.8 Å². The molecule has 2 aliphatic heterocycles. The van der Waals surface area contributed by atoms with Crippen LogP contribution in [0.25, 0.3) is 0 Å². The predicted octanol–water partition coefficient (Wildman–Crippen LogP) is 2.67. The van der Waals surface area contributed by atoms with Gasteiger partial charge in [-0.25, -0.2) is 4.39 Å². The summed E-state index contributed by atoms with van der Waals surface area (Å²) in [5.41, 5.74) is 2.43. The Labute approximate surface area is 187 Å². The monoisotopic (exact) mass is 439 g/mol. The van der Waals surface area contributed by atoms with E-state index < -0.39 is 5.60 Å². The molecular weight excluding hydrogens is 409 g/mol. The molecule has 8 heteroatoms. The minimum absolute atomic E-state index is 0.00120. The smallest absolute Gasteiger partial charge is 0.226 e. The second-order valence-electron chi connectivity index (χ2n) is 9.44. The van der Waals surface area contributed by atoms with Crippen molar-refractivity contribution in [2.24, 2.45) is 18.1 Å². The number of halogens is 1. The molecule has 5 rings (SSSR count). The number of fused-ring (bicyclic) bond motifs is 1. The maximum absolute atomic E-state index is 13.3. The number of carbonyl (C=O) groups excluding carboxylic acids is 1. The number of hydrogen-bond acceptors (Lipinski definition) is 5. The Morgan fingerprint density at radius 3 is 2.75 bits per heavy atom. The van der Waals surface area contributed by atoms with Crippen molar-refractivity contribution in [2.45, 2.75) is 56.6 Å². The first-order valence-corrected chi connectivity index (χ1v) is 11.5. The molecule has 1 aromatic carbocycles. The van der Waals surface area contributed by atoms with Gasteiger partial charge in [0.1, 0.15) is 5.82 Å². The molecule has 3 heterocycles. The maximum Gasteiger partial charge on any atom is 0.226 e. The van der Waals surface area contributed by atoms with Gasteiger partial charge in [-0.1, -0.05) is 0 Å². The fourth-order valence-electron chi connectivity index (χ4n) is 5.39. The van der Waals surface area contributed by atoms with Gasteiger partial charge >= 0.3 is 0 Å². The average Bonchev–Trinajstić information content (AvgIpc) is 3.40. The molecule has 1 N–H and O–H groups in total. The van der Waals surface area contributed by atoms with Crippen molar-refractivity contribution in [1.82, 2.24) is 14.7 Å². The summed E-state index contributed by atoms with van der Waals surface area (Å²) in [5, 5.41) is 21.9. The predicted molar refractivity (Wildman–Crippen MR) is 120 cm³/mol. The molecule has 1 amide bonds. The Kier molecular flexibility index (Phi) is 5.49. The second kappa shape index (κ2) is 8.31. The third-order valence-corrected chi connectivity index (χ3v) is 7.34. The van der Waals surface area contributed by atoms with Gasteiger partial charge in [0.25, 0.3) is 0 Å². The average molecular weight is 440 g/mol. The zero-order valence-electron chi connectivity index (χ0n) is 18.5. The molecule has 170 valence electrons. The highest BCUT2D eigenvalue weighted by Gasteiger charge is 2.40.